The number of hydrogen-bond donors (Lipinski definition) is 0. The van der Waals surface area contributed by atoms with Gasteiger partial charge in [-0.15, -0.1) is 0 Å². The highest BCUT2D eigenvalue weighted by Gasteiger charge is 2.53. The number of nitrogens with zero attached hydrogens (tertiary/aromatic N) is 1. The fraction of sp³-hybridized carbons (Fsp3) is 0.381. The summed E-state index contributed by atoms with van der Waals surface area (Å²) < 4.78 is 5.70. The van der Waals surface area contributed by atoms with E-state index >= 15 is 0 Å². The Bertz CT molecular complexity index is 875. The minimum atomic E-state index is -0.523. The summed E-state index contributed by atoms with van der Waals surface area (Å²) in [6.07, 6.45) is 0.602. The molecule has 3 atom stereocenters. The van der Waals surface area contributed by atoms with E-state index in [1.54, 1.807) is 0 Å². The maximum atomic E-state index is 12.9. The number of benzene rings is 2. The fourth-order valence-corrected chi connectivity index (χ4v) is 4.52. The molecule has 136 valence electrons. The van der Waals surface area contributed by atoms with Gasteiger partial charge in [0, 0.05) is 5.92 Å². The predicted octanol–water partition coefficient (Wildman–Crippen LogP) is 6.51. The zero-order valence-electron chi connectivity index (χ0n) is 15.0. The van der Waals surface area contributed by atoms with Crippen LogP contribution in [-0.4, -0.2) is 16.6 Å². The van der Waals surface area contributed by atoms with Crippen LogP contribution in [-0.2, 0) is 4.74 Å². The van der Waals surface area contributed by atoms with Crippen molar-refractivity contribution >= 4 is 29.3 Å². The van der Waals surface area contributed by atoms with Crippen molar-refractivity contribution in [3.8, 4) is 0 Å². The van der Waals surface area contributed by atoms with Crippen molar-refractivity contribution in [3.63, 3.8) is 0 Å². The molecular weight excluding hydrogens is 369 g/mol. The number of amides is 1. The minimum Gasteiger partial charge on any atom is -0.444 e. The summed E-state index contributed by atoms with van der Waals surface area (Å²) in [5, 5.41) is 1.09. The summed E-state index contributed by atoms with van der Waals surface area (Å²) in [7, 11) is 0. The van der Waals surface area contributed by atoms with Crippen LogP contribution >= 0.6 is 23.2 Å². The molecule has 3 nitrogen and oxygen atoms in total. The van der Waals surface area contributed by atoms with Gasteiger partial charge in [-0.3, -0.25) is 4.90 Å². The summed E-state index contributed by atoms with van der Waals surface area (Å²) >= 11 is 12.3. The first-order chi connectivity index (χ1) is 12.3. The van der Waals surface area contributed by atoms with Crippen LogP contribution in [0.1, 0.15) is 61.9 Å². The van der Waals surface area contributed by atoms with Gasteiger partial charge in [0.25, 0.3) is 0 Å². The quantitative estimate of drug-likeness (QED) is 0.555. The Morgan fingerprint density at radius 1 is 1.08 bits per heavy atom. The van der Waals surface area contributed by atoms with Gasteiger partial charge < -0.3 is 4.74 Å². The van der Waals surface area contributed by atoms with Gasteiger partial charge in [0.1, 0.15) is 5.60 Å². The van der Waals surface area contributed by atoms with E-state index in [0.717, 1.165) is 12.0 Å². The number of carbonyl (C=O) groups excluding carboxylic acids is 1. The van der Waals surface area contributed by atoms with Gasteiger partial charge >= 0.3 is 6.09 Å². The predicted molar refractivity (Wildman–Crippen MR) is 104 cm³/mol. The molecule has 2 aromatic rings. The Hall–Kier alpha value is -1.71. The number of carbonyl (C=O) groups is 1. The Morgan fingerprint density at radius 2 is 1.77 bits per heavy atom. The molecule has 2 aromatic carbocycles. The molecule has 0 spiro atoms. The van der Waals surface area contributed by atoms with E-state index in [1.165, 1.54) is 11.1 Å². The average molecular weight is 390 g/mol. The lowest BCUT2D eigenvalue weighted by molar-refractivity contribution is 0.0172. The molecule has 2 aliphatic rings. The molecule has 1 amide bonds. The van der Waals surface area contributed by atoms with Crippen LogP contribution < -0.4 is 0 Å². The Morgan fingerprint density at radius 3 is 2.42 bits per heavy atom. The van der Waals surface area contributed by atoms with Gasteiger partial charge in [-0.1, -0.05) is 53.5 Å². The highest BCUT2D eigenvalue weighted by atomic mass is 35.5. The second-order valence-corrected chi connectivity index (χ2v) is 8.81. The molecule has 26 heavy (non-hydrogen) atoms. The van der Waals surface area contributed by atoms with Gasteiger partial charge in [0.05, 0.1) is 22.1 Å². The summed E-state index contributed by atoms with van der Waals surface area (Å²) in [5.41, 5.74) is 3.00. The first kappa shape index (κ1) is 17.7. The number of fused-ring (bicyclic) bond motifs is 5. The van der Waals surface area contributed by atoms with E-state index < -0.39 is 5.60 Å². The van der Waals surface area contributed by atoms with E-state index in [0.29, 0.717) is 10.0 Å². The van der Waals surface area contributed by atoms with E-state index in [2.05, 4.69) is 12.1 Å². The lowest BCUT2D eigenvalue weighted by Gasteiger charge is -2.29. The maximum absolute atomic E-state index is 12.9. The van der Waals surface area contributed by atoms with Crippen LogP contribution in [0.4, 0.5) is 4.79 Å². The number of ether oxygens (including phenoxy) is 1. The molecule has 4 rings (SSSR count). The van der Waals surface area contributed by atoms with Crippen LogP contribution in [0.25, 0.3) is 0 Å². The number of hydrogen-bond acceptors (Lipinski definition) is 2. The summed E-state index contributed by atoms with van der Waals surface area (Å²) in [4.78, 5) is 14.9. The monoisotopic (exact) mass is 389 g/mol. The minimum absolute atomic E-state index is 0.0329. The first-order valence-corrected chi connectivity index (χ1v) is 9.57. The highest BCUT2D eigenvalue weighted by Crippen LogP contribution is 2.60. The fourth-order valence-electron chi connectivity index (χ4n) is 4.21. The van der Waals surface area contributed by atoms with Crippen molar-refractivity contribution in [2.75, 3.05) is 0 Å². The van der Waals surface area contributed by atoms with E-state index in [1.807, 2.05) is 56.0 Å². The van der Waals surface area contributed by atoms with Gasteiger partial charge in [-0.25, -0.2) is 4.79 Å². The second kappa shape index (κ2) is 6.17. The second-order valence-electron chi connectivity index (χ2n) is 7.99. The van der Waals surface area contributed by atoms with E-state index in [-0.39, 0.29) is 24.1 Å². The third-order valence-electron chi connectivity index (χ3n) is 5.14. The normalized spacial score (nSPS) is 23.9. The van der Waals surface area contributed by atoms with Crippen molar-refractivity contribution in [1.82, 2.24) is 4.90 Å². The first-order valence-electron chi connectivity index (χ1n) is 8.81. The summed E-state index contributed by atoms with van der Waals surface area (Å²) in [6, 6.07) is 14.0. The number of halogens is 2. The smallest absolute Gasteiger partial charge is 0.411 e. The SMILES string of the molecule is CC(C)(C)OC(=O)N1C2CC(c3ccc(Cl)c(Cl)c3)C1c1ccccc12. The van der Waals surface area contributed by atoms with Crippen molar-refractivity contribution in [2.45, 2.75) is 50.8 Å². The molecule has 2 aliphatic heterocycles. The Kier molecular flexibility index (Phi) is 4.20. The van der Waals surface area contributed by atoms with E-state index in [4.69, 9.17) is 27.9 Å². The molecular formula is C21H21Cl2NO2. The molecule has 0 aliphatic carbocycles. The van der Waals surface area contributed by atoms with Crippen LogP contribution in [0.3, 0.4) is 0 Å². The molecule has 2 bridgehead atoms. The Labute approximate surface area is 163 Å². The third-order valence-corrected chi connectivity index (χ3v) is 5.88. The molecule has 0 radical (unpaired) electrons. The van der Waals surface area contributed by atoms with Crippen LogP contribution in [0, 0.1) is 0 Å². The van der Waals surface area contributed by atoms with Gasteiger partial charge in [0.15, 0.2) is 0 Å². The molecule has 0 aromatic heterocycles. The van der Waals surface area contributed by atoms with Crippen LogP contribution in [0.5, 0.6) is 0 Å². The molecule has 1 fully saturated rings. The molecule has 1 saturated heterocycles. The summed E-state index contributed by atoms with van der Waals surface area (Å²) in [5.74, 6) is 0.178. The standard InChI is InChI=1S/C21H21Cl2NO2/c1-21(2,3)26-20(25)24-18-11-15(12-8-9-16(22)17(23)10-12)19(24)14-7-5-4-6-13(14)18/h4-10,15,18-19H,11H2,1-3H3. The van der Waals surface area contributed by atoms with Crippen molar-refractivity contribution in [2.24, 2.45) is 0 Å². The third kappa shape index (κ3) is 2.87. The van der Waals surface area contributed by atoms with Crippen molar-refractivity contribution in [3.05, 3.63) is 69.2 Å². The van der Waals surface area contributed by atoms with E-state index in [9.17, 15) is 4.79 Å². The van der Waals surface area contributed by atoms with Crippen LogP contribution in [0.15, 0.2) is 42.5 Å². The zero-order chi connectivity index (χ0) is 18.6. The molecule has 2 heterocycles. The average Bonchev–Trinajstić information content (AvgIpc) is 3.10. The largest absolute Gasteiger partial charge is 0.444 e. The van der Waals surface area contributed by atoms with Gasteiger partial charge in [-0.05, 0) is 56.0 Å². The molecule has 0 N–H and O–H groups in total. The highest BCUT2D eigenvalue weighted by molar-refractivity contribution is 6.42. The lowest BCUT2D eigenvalue weighted by atomic mass is 9.80. The molecule has 0 saturated carbocycles. The topological polar surface area (TPSA) is 29.5 Å². The van der Waals surface area contributed by atoms with Crippen molar-refractivity contribution in [1.29, 1.82) is 0 Å². The molecule has 5 heteroatoms. The zero-order valence-corrected chi connectivity index (χ0v) is 16.5. The van der Waals surface area contributed by atoms with Gasteiger partial charge in [0.2, 0.25) is 0 Å². The van der Waals surface area contributed by atoms with Gasteiger partial charge in [-0.2, -0.15) is 0 Å². The van der Waals surface area contributed by atoms with Crippen molar-refractivity contribution < 1.29 is 9.53 Å². The Balaban J connectivity index is 1.74. The van der Waals surface area contributed by atoms with Crippen LogP contribution in [0.2, 0.25) is 10.0 Å². The lowest BCUT2D eigenvalue weighted by Crippen LogP contribution is -2.35. The number of rotatable bonds is 1. The maximum Gasteiger partial charge on any atom is 0.411 e. The summed E-state index contributed by atoms with van der Waals surface area (Å²) in [6.45, 7) is 5.69. The molecule has 3 unspecified atom stereocenters.